The minimum atomic E-state index is -3.52. The van der Waals surface area contributed by atoms with Gasteiger partial charge in [0.15, 0.2) is 11.5 Å². The summed E-state index contributed by atoms with van der Waals surface area (Å²) >= 11 is 0. The third-order valence-electron chi connectivity index (χ3n) is 5.06. The zero-order valence-corrected chi connectivity index (χ0v) is 19.6. The Hall–Kier alpha value is -2.95. The van der Waals surface area contributed by atoms with Crippen LogP contribution in [-0.4, -0.2) is 64.9 Å². The zero-order valence-electron chi connectivity index (χ0n) is 18.8. The van der Waals surface area contributed by atoms with Gasteiger partial charge in [-0.15, -0.1) is 0 Å². The molecule has 2 aromatic carbocycles. The van der Waals surface area contributed by atoms with Crippen molar-refractivity contribution < 1.29 is 27.4 Å². The van der Waals surface area contributed by atoms with Crippen molar-refractivity contribution in [2.45, 2.75) is 24.7 Å². The van der Waals surface area contributed by atoms with Gasteiger partial charge in [0.2, 0.25) is 15.9 Å². The number of sulfonamides is 1. The molecule has 0 aliphatic carbocycles. The first-order chi connectivity index (χ1) is 15.9. The molecule has 0 bridgehead atoms. The number of rotatable bonds is 10. The van der Waals surface area contributed by atoms with Crippen LogP contribution < -0.4 is 14.9 Å². The van der Waals surface area contributed by atoms with Crippen LogP contribution in [0.5, 0.6) is 11.5 Å². The summed E-state index contributed by atoms with van der Waals surface area (Å²) in [7, 11) is -1.96. The van der Waals surface area contributed by atoms with Gasteiger partial charge in [0.25, 0.3) is 0 Å². The normalized spacial score (nSPS) is 14.8. The summed E-state index contributed by atoms with van der Waals surface area (Å²) in [6.07, 6.45) is 2.22. The third-order valence-corrected chi connectivity index (χ3v) is 6.98. The van der Waals surface area contributed by atoms with Gasteiger partial charge in [0, 0.05) is 19.5 Å². The molecule has 1 amide bonds. The van der Waals surface area contributed by atoms with Gasteiger partial charge in [-0.25, -0.2) is 13.8 Å². The monoisotopic (exact) mass is 475 g/mol. The van der Waals surface area contributed by atoms with Crippen LogP contribution in [0.15, 0.2) is 52.5 Å². The molecule has 33 heavy (non-hydrogen) atoms. The van der Waals surface area contributed by atoms with Crippen molar-refractivity contribution in [3.8, 4) is 11.5 Å². The lowest BCUT2D eigenvalue weighted by molar-refractivity contribution is -0.121. The van der Waals surface area contributed by atoms with Gasteiger partial charge >= 0.3 is 0 Å². The largest absolute Gasteiger partial charge is 0.493 e. The van der Waals surface area contributed by atoms with Gasteiger partial charge in [0.05, 0.1) is 38.0 Å². The highest BCUT2D eigenvalue weighted by molar-refractivity contribution is 7.89. The summed E-state index contributed by atoms with van der Waals surface area (Å²) in [5.41, 5.74) is 4.13. The molecule has 1 aliphatic heterocycles. The first kappa shape index (κ1) is 24.7. The molecule has 1 fully saturated rings. The summed E-state index contributed by atoms with van der Waals surface area (Å²) < 4.78 is 42.8. The molecular formula is C23H29N3O6S. The van der Waals surface area contributed by atoms with Crippen LogP contribution in [0.3, 0.4) is 0 Å². The summed E-state index contributed by atoms with van der Waals surface area (Å²) in [6, 6.07) is 12.0. The second-order valence-corrected chi connectivity index (χ2v) is 9.23. The van der Waals surface area contributed by atoms with E-state index in [9.17, 15) is 13.2 Å². The van der Waals surface area contributed by atoms with Crippen molar-refractivity contribution in [2.75, 3.05) is 40.0 Å². The van der Waals surface area contributed by atoms with Crippen LogP contribution in [0.25, 0.3) is 0 Å². The second-order valence-electron chi connectivity index (χ2n) is 7.30. The Morgan fingerprint density at radius 3 is 2.55 bits per heavy atom. The maximum Gasteiger partial charge on any atom is 0.243 e. The highest BCUT2D eigenvalue weighted by Gasteiger charge is 2.26. The molecule has 0 aromatic heterocycles. The number of nitrogens with one attached hydrogen (secondary N) is 1. The van der Waals surface area contributed by atoms with E-state index in [1.807, 2.05) is 13.0 Å². The molecule has 1 heterocycles. The predicted octanol–water partition coefficient (Wildman–Crippen LogP) is 2.20. The number of amides is 1. The van der Waals surface area contributed by atoms with E-state index in [0.29, 0.717) is 50.8 Å². The first-order valence-corrected chi connectivity index (χ1v) is 12.2. The van der Waals surface area contributed by atoms with Crippen molar-refractivity contribution in [1.29, 1.82) is 0 Å². The molecule has 2 aromatic rings. The SMILES string of the molecule is CCOc1ccc(C=NNC(=O)CCc2ccc(S(=O)(=O)N3CCOCC3)cc2)cc1OC. The van der Waals surface area contributed by atoms with E-state index < -0.39 is 10.0 Å². The van der Waals surface area contributed by atoms with Crippen LogP contribution in [0.1, 0.15) is 24.5 Å². The molecule has 1 N–H and O–H groups in total. The Kier molecular flexibility index (Phi) is 8.81. The molecule has 1 saturated heterocycles. The summed E-state index contributed by atoms with van der Waals surface area (Å²) in [6.45, 7) is 3.95. The molecule has 10 heteroatoms. The molecule has 178 valence electrons. The quantitative estimate of drug-likeness (QED) is 0.417. The standard InChI is InChI=1S/C23H29N3O6S/c1-3-32-21-10-6-19(16-22(21)30-2)17-24-25-23(27)11-7-18-4-8-20(9-5-18)33(28,29)26-12-14-31-15-13-26/h4-6,8-10,16-17H,3,7,11-15H2,1-2H3,(H,25,27). The van der Waals surface area contributed by atoms with Gasteiger partial charge in [-0.3, -0.25) is 4.79 Å². The van der Waals surface area contributed by atoms with Crippen molar-refractivity contribution >= 4 is 22.1 Å². The van der Waals surface area contributed by atoms with E-state index in [1.54, 1.807) is 43.5 Å². The number of carbonyl (C=O) groups excluding carboxylic acids is 1. The number of nitrogens with zero attached hydrogens (tertiary/aromatic N) is 2. The average molecular weight is 476 g/mol. The molecular weight excluding hydrogens is 446 g/mol. The van der Waals surface area contributed by atoms with Crippen molar-refractivity contribution in [3.05, 3.63) is 53.6 Å². The van der Waals surface area contributed by atoms with Gasteiger partial charge < -0.3 is 14.2 Å². The number of ether oxygens (including phenoxy) is 3. The summed E-state index contributed by atoms with van der Waals surface area (Å²) in [4.78, 5) is 12.4. The highest BCUT2D eigenvalue weighted by atomic mass is 32.2. The number of aryl methyl sites for hydroxylation is 1. The van der Waals surface area contributed by atoms with E-state index in [1.165, 1.54) is 10.5 Å². The van der Waals surface area contributed by atoms with Crippen molar-refractivity contribution in [1.82, 2.24) is 9.73 Å². The first-order valence-electron chi connectivity index (χ1n) is 10.7. The molecule has 3 rings (SSSR count). The lowest BCUT2D eigenvalue weighted by Gasteiger charge is -2.26. The van der Waals surface area contributed by atoms with E-state index >= 15 is 0 Å². The Morgan fingerprint density at radius 1 is 1.15 bits per heavy atom. The summed E-state index contributed by atoms with van der Waals surface area (Å²) in [5.74, 6) is 0.991. The minimum Gasteiger partial charge on any atom is -0.493 e. The van der Waals surface area contributed by atoms with Gasteiger partial charge in [-0.2, -0.15) is 9.41 Å². The topological polar surface area (TPSA) is 107 Å². The molecule has 0 spiro atoms. The lowest BCUT2D eigenvalue weighted by atomic mass is 10.1. The van der Waals surface area contributed by atoms with Crippen LogP contribution in [0.2, 0.25) is 0 Å². The number of morpholine rings is 1. The maximum absolute atomic E-state index is 12.7. The second kappa shape index (κ2) is 11.8. The van der Waals surface area contributed by atoms with Gasteiger partial charge in [0.1, 0.15) is 0 Å². The minimum absolute atomic E-state index is 0.222. The van der Waals surface area contributed by atoms with E-state index in [-0.39, 0.29) is 17.2 Å². The van der Waals surface area contributed by atoms with Crippen LogP contribution in [0, 0.1) is 0 Å². The average Bonchev–Trinajstić information content (AvgIpc) is 2.84. The number of hydrogen-bond donors (Lipinski definition) is 1. The van der Waals surface area contributed by atoms with Crippen molar-refractivity contribution in [3.63, 3.8) is 0 Å². The Balaban J connectivity index is 1.50. The van der Waals surface area contributed by atoms with E-state index in [2.05, 4.69) is 10.5 Å². The van der Waals surface area contributed by atoms with Crippen LogP contribution in [0.4, 0.5) is 0 Å². The molecule has 0 atom stereocenters. The smallest absolute Gasteiger partial charge is 0.243 e. The summed E-state index contributed by atoms with van der Waals surface area (Å²) in [5, 5.41) is 3.99. The van der Waals surface area contributed by atoms with Gasteiger partial charge in [-0.05, 0) is 54.8 Å². The number of hydrazone groups is 1. The number of benzene rings is 2. The highest BCUT2D eigenvalue weighted by Crippen LogP contribution is 2.27. The van der Waals surface area contributed by atoms with E-state index in [0.717, 1.165) is 11.1 Å². The zero-order chi connectivity index (χ0) is 23.7. The number of hydrogen-bond acceptors (Lipinski definition) is 7. The Bertz CT molecular complexity index is 1060. The maximum atomic E-state index is 12.7. The molecule has 0 saturated carbocycles. The van der Waals surface area contributed by atoms with E-state index in [4.69, 9.17) is 14.2 Å². The fourth-order valence-corrected chi connectivity index (χ4v) is 4.70. The molecule has 9 nitrogen and oxygen atoms in total. The third kappa shape index (κ3) is 6.77. The number of methoxy groups -OCH3 is 1. The lowest BCUT2D eigenvalue weighted by Crippen LogP contribution is -2.40. The van der Waals surface area contributed by atoms with Crippen LogP contribution >= 0.6 is 0 Å². The Morgan fingerprint density at radius 2 is 1.88 bits per heavy atom. The molecule has 0 radical (unpaired) electrons. The van der Waals surface area contributed by atoms with Crippen molar-refractivity contribution in [2.24, 2.45) is 5.10 Å². The predicted molar refractivity (Wildman–Crippen MR) is 124 cm³/mol. The van der Waals surface area contributed by atoms with Crippen LogP contribution in [-0.2, 0) is 26.0 Å². The fourth-order valence-electron chi connectivity index (χ4n) is 3.30. The molecule has 1 aliphatic rings. The van der Waals surface area contributed by atoms with Gasteiger partial charge in [-0.1, -0.05) is 12.1 Å². The fraction of sp³-hybridized carbons (Fsp3) is 0.391. The number of carbonyl (C=O) groups is 1. The Labute approximate surface area is 194 Å². The molecule has 0 unspecified atom stereocenters.